The molecule has 0 radical (unpaired) electrons. The van der Waals surface area contributed by atoms with Gasteiger partial charge >= 0.3 is 0 Å². The first kappa shape index (κ1) is 15.8. The Hall–Kier alpha value is -1.56. The molecule has 1 N–H and O–H groups in total. The molecule has 1 amide bonds. The van der Waals surface area contributed by atoms with Crippen LogP contribution in [0.3, 0.4) is 0 Å². The fourth-order valence-electron chi connectivity index (χ4n) is 1.86. The predicted octanol–water partition coefficient (Wildman–Crippen LogP) is 4.31. The van der Waals surface area contributed by atoms with Crippen LogP contribution in [0.25, 0.3) is 0 Å². The number of hydrogen-bond acceptors (Lipinski definition) is 2. The maximum absolute atomic E-state index is 12.2. The summed E-state index contributed by atoms with van der Waals surface area (Å²) in [5.41, 5.74) is 2.91. The molecule has 110 valence electrons. The summed E-state index contributed by atoms with van der Waals surface area (Å²) >= 11 is 2.23. The van der Waals surface area contributed by atoms with E-state index in [9.17, 15) is 4.79 Å². The molecule has 0 aromatic heterocycles. The third kappa shape index (κ3) is 4.46. The largest absolute Gasteiger partial charge is 0.481 e. The van der Waals surface area contributed by atoms with E-state index in [1.54, 1.807) is 6.92 Å². The number of hydrogen-bond donors (Lipinski definition) is 1. The Morgan fingerprint density at radius 2 is 1.81 bits per heavy atom. The highest BCUT2D eigenvalue weighted by atomic mass is 127. The number of anilines is 1. The van der Waals surface area contributed by atoms with E-state index in [2.05, 4.69) is 27.9 Å². The number of benzene rings is 2. The average molecular weight is 395 g/mol. The summed E-state index contributed by atoms with van der Waals surface area (Å²) in [6.45, 7) is 5.73. The van der Waals surface area contributed by atoms with Gasteiger partial charge < -0.3 is 10.1 Å². The molecule has 0 saturated heterocycles. The number of aryl methyl sites for hydroxylation is 2. The summed E-state index contributed by atoms with van der Waals surface area (Å²) in [7, 11) is 0. The van der Waals surface area contributed by atoms with Crippen molar-refractivity contribution >= 4 is 34.2 Å². The van der Waals surface area contributed by atoms with E-state index in [0.717, 1.165) is 26.1 Å². The van der Waals surface area contributed by atoms with Crippen LogP contribution in [0.15, 0.2) is 42.5 Å². The Kier molecular flexibility index (Phi) is 5.22. The molecule has 21 heavy (non-hydrogen) atoms. The smallest absolute Gasteiger partial charge is 0.265 e. The molecule has 0 bridgehead atoms. The van der Waals surface area contributed by atoms with E-state index in [1.807, 2.05) is 56.3 Å². The fourth-order valence-corrected chi connectivity index (χ4v) is 2.21. The first-order valence-electron chi connectivity index (χ1n) is 6.76. The zero-order valence-electron chi connectivity index (χ0n) is 12.3. The van der Waals surface area contributed by atoms with Crippen LogP contribution in [0.1, 0.15) is 18.1 Å². The van der Waals surface area contributed by atoms with Gasteiger partial charge in [-0.25, -0.2) is 0 Å². The summed E-state index contributed by atoms with van der Waals surface area (Å²) in [6, 6.07) is 13.6. The molecular weight excluding hydrogens is 377 g/mol. The second kappa shape index (κ2) is 6.93. The average Bonchev–Trinajstić information content (AvgIpc) is 2.45. The van der Waals surface area contributed by atoms with Crippen molar-refractivity contribution in [3.8, 4) is 5.75 Å². The van der Waals surface area contributed by atoms with Gasteiger partial charge in [0.25, 0.3) is 5.91 Å². The van der Waals surface area contributed by atoms with Crippen LogP contribution in [-0.2, 0) is 4.79 Å². The SMILES string of the molecule is Cc1ccc(C)c(OC(C)C(=O)Nc2ccc(I)cc2)c1. The molecular formula is C17H18INO2. The number of rotatable bonds is 4. The molecule has 4 heteroatoms. The Balaban J connectivity index is 2.02. The third-order valence-corrected chi connectivity index (χ3v) is 3.85. The molecule has 3 nitrogen and oxygen atoms in total. The second-order valence-electron chi connectivity index (χ2n) is 5.03. The number of carbonyl (C=O) groups is 1. The molecule has 2 aromatic rings. The van der Waals surface area contributed by atoms with Crippen LogP contribution >= 0.6 is 22.6 Å². The molecule has 0 saturated carbocycles. The molecule has 0 aliphatic carbocycles. The van der Waals surface area contributed by atoms with Crippen molar-refractivity contribution in [1.82, 2.24) is 0 Å². The highest BCUT2D eigenvalue weighted by Gasteiger charge is 2.15. The standard InChI is InChI=1S/C17H18INO2/c1-11-4-5-12(2)16(10-11)21-13(3)17(20)19-15-8-6-14(18)7-9-15/h4-10,13H,1-3H3,(H,19,20). The van der Waals surface area contributed by atoms with Crippen molar-refractivity contribution in [1.29, 1.82) is 0 Å². The summed E-state index contributed by atoms with van der Waals surface area (Å²) in [4.78, 5) is 12.2. The van der Waals surface area contributed by atoms with Gasteiger partial charge in [-0.05, 0) is 84.8 Å². The molecule has 2 rings (SSSR count). The lowest BCUT2D eigenvalue weighted by Crippen LogP contribution is -2.30. The van der Waals surface area contributed by atoms with E-state index in [4.69, 9.17) is 4.74 Å². The van der Waals surface area contributed by atoms with Crippen molar-refractivity contribution in [2.45, 2.75) is 26.9 Å². The van der Waals surface area contributed by atoms with Crippen molar-refractivity contribution in [2.75, 3.05) is 5.32 Å². The Morgan fingerprint density at radius 3 is 2.48 bits per heavy atom. The maximum atomic E-state index is 12.2. The van der Waals surface area contributed by atoms with Crippen LogP contribution in [0, 0.1) is 17.4 Å². The van der Waals surface area contributed by atoms with E-state index in [0.29, 0.717) is 0 Å². The topological polar surface area (TPSA) is 38.3 Å². The van der Waals surface area contributed by atoms with E-state index < -0.39 is 6.10 Å². The van der Waals surface area contributed by atoms with Crippen LogP contribution in [-0.4, -0.2) is 12.0 Å². The highest BCUT2D eigenvalue weighted by molar-refractivity contribution is 14.1. The maximum Gasteiger partial charge on any atom is 0.265 e. The predicted molar refractivity (Wildman–Crippen MR) is 93.8 cm³/mol. The molecule has 0 heterocycles. The number of carbonyl (C=O) groups excluding carboxylic acids is 1. The number of amides is 1. The van der Waals surface area contributed by atoms with Crippen LogP contribution in [0.4, 0.5) is 5.69 Å². The zero-order valence-corrected chi connectivity index (χ0v) is 14.5. The van der Waals surface area contributed by atoms with Crippen LogP contribution in [0.2, 0.25) is 0 Å². The van der Waals surface area contributed by atoms with Gasteiger partial charge in [0, 0.05) is 9.26 Å². The lowest BCUT2D eigenvalue weighted by Gasteiger charge is -2.16. The zero-order chi connectivity index (χ0) is 15.4. The van der Waals surface area contributed by atoms with E-state index in [-0.39, 0.29) is 5.91 Å². The lowest BCUT2D eigenvalue weighted by atomic mass is 10.1. The van der Waals surface area contributed by atoms with Gasteiger partial charge in [0.1, 0.15) is 5.75 Å². The van der Waals surface area contributed by atoms with Crippen molar-refractivity contribution < 1.29 is 9.53 Å². The van der Waals surface area contributed by atoms with Crippen LogP contribution < -0.4 is 10.1 Å². The van der Waals surface area contributed by atoms with Crippen LogP contribution in [0.5, 0.6) is 5.75 Å². The van der Waals surface area contributed by atoms with Crippen molar-refractivity contribution in [3.63, 3.8) is 0 Å². The van der Waals surface area contributed by atoms with Gasteiger partial charge in [-0.2, -0.15) is 0 Å². The lowest BCUT2D eigenvalue weighted by molar-refractivity contribution is -0.122. The summed E-state index contributed by atoms with van der Waals surface area (Å²) < 4.78 is 6.90. The molecule has 0 aliphatic heterocycles. The number of ether oxygens (including phenoxy) is 1. The first-order chi connectivity index (χ1) is 9.95. The fraction of sp³-hybridized carbons (Fsp3) is 0.235. The quantitative estimate of drug-likeness (QED) is 0.784. The molecule has 1 atom stereocenters. The van der Waals surface area contributed by atoms with E-state index in [1.165, 1.54) is 0 Å². The van der Waals surface area contributed by atoms with E-state index >= 15 is 0 Å². The number of halogens is 1. The van der Waals surface area contributed by atoms with Gasteiger partial charge in [-0.15, -0.1) is 0 Å². The van der Waals surface area contributed by atoms with Crippen molar-refractivity contribution in [3.05, 3.63) is 57.2 Å². The minimum absolute atomic E-state index is 0.155. The van der Waals surface area contributed by atoms with Gasteiger partial charge in [0.2, 0.25) is 0 Å². The summed E-state index contributed by atoms with van der Waals surface area (Å²) in [5, 5.41) is 2.86. The monoisotopic (exact) mass is 395 g/mol. The minimum Gasteiger partial charge on any atom is -0.481 e. The van der Waals surface area contributed by atoms with Gasteiger partial charge in [0.05, 0.1) is 0 Å². The summed E-state index contributed by atoms with van der Waals surface area (Å²) in [6.07, 6.45) is -0.551. The second-order valence-corrected chi connectivity index (χ2v) is 6.27. The van der Waals surface area contributed by atoms with Gasteiger partial charge in [-0.1, -0.05) is 12.1 Å². The molecule has 1 unspecified atom stereocenters. The van der Waals surface area contributed by atoms with Crippen molar-refractivity contribution in [2.24, 2.45) is 0 Å². The molecule has 0 spiro atoms. The third-order valence-electron chi connectivity index (χ3n) is 3.13. The van der Waals surface area contributed by atoms with Gasteiger partial charge in [0.15, 0.2) is 6.10 Å². The Bertz CT molecular complexity index is 638. The first-order valence-corrected chi connectivity index (χ1v) is 7.84. The minimum atomic E-state index is -0.551. The summed E-state index contributed by atoms with van der Waals surface area (Å²) in [5.74, 6) is 0.595. The molecule has 0 fully saturated rings. The Labute approximate surface area is 138 Å². The number of nitrogens with one attached hydrogen (secondary N) is 1. The Morgan fingerprint density at radius 1 is 1.14 bits per heavy atom. The normalized spacial score (nSPS) is 11.8. The van der Waals surface area contributed by atoms with Gasteiger partial charge in [-0.3, -0.25) is 4.79 Å². The molecule has 2 aromatic carbocycles. The highest BCUT2D eigenvalue weighted by Crippen LogP contribution is 2.21. The molecule has 0 aliphatic rings.